The fraction of sp³-hybridized carbons (Fsp3) is 1.00. The smallest absolute Gasteiger partial charge is 0.0930 e. The quantitative estimate of drug-likeness (QED) is 0.493. The van der Waals surface area contributed by atoms with Crippen molar-refractivity contribution in [3.63, 3.8) is 0 Å². The summed E-state index contributed by atoms with van der Waals surface area (Å²) in [4.78, 5) is 0. The molecule has 73 valence electrons. The van der Waals surface area contributed by atoms with Crippen molar-refractivity contribution in [1.82, 2.24) is 0 Å². The molecule has 0 aliphatic carbocycles. The first-order valence-corrected chi connectivity index (χ1v) is 5.47. The highest BCUT2D eigenvalue weighted by Crippen LogP contribution is 2.10. The second-order valence-electron chi connectivity index (χ2n) is 3.61. The van der Waals surface area contributed by atoms with Crippen molar-refractivity contribution in [2.24, 2.45) is 0 Å². The molecule has 0 rings (SSSR count). The average molecular weight is 171 g/mol. The van der Waals surface area contributed by atoms with Gasteiger partial charge in [-0.1, -0.05) is 52.4 Å². The zero-order valence-electron chi connectivity index (χ0n) is 8.64. The summed E-state index contributed by atoms with van der Waals surface area (Å²) in [5.74, 6) is 0. The molecule has 1 nitrogen and oxygen atoms in total. The van der Waals surface area contributed by atoms with E-state index >= 15 is 0 Å². The molecule has 0 spiro atoms. The van der Waals surface area contributed by atoms with Gasteiger partial charge in [0, 0.05) is 0 Å². The van der Waals surface area contributed by atoms with Crippen LogP contribution in [0.25, 0.3) is 0 Å². The Morgan fingerprint density at radius 1 is 0.833 bits per heavy atom. The first-order valence-electron chi connectivity index (χ1n) is 5.47. The van der Waals surface area contributed by atoms with Crippen molar-refractivity contribution in [2.45, 2.75) is 71.3 Å². The van der Waals surface area contributed by atoms with Crippen molar-refractivity contribution in [3.05, 3.63) is 0 Å². The zero-order chi connectivity index (χ0) is 9.23. The number of rotatable bonds is 8. The second-order valence-corrected chi connectivity index (χ2v) is 3.61. The molecule has 1 heteroatoms. The summed E-state index contributed by atoms with van der Waals surface area (Å²) in [6, 6.07) is 0. The largest absolute Gasteiger partial charge is 0.233 e. The first-order chi connectivity index (χ1) is 5.81. The summed E-state index contributed by atoms with van der Waals surface area (Å²) >= 11 is 0. The number of hydrogen-bond acceptors (Lipinski definition) is 0. The van der Waals surface area contributed by atoms with E-state index in [2.05, 4.69) is 13.8 Å². The van der Waals surface area contributed by atoms with Gasteiger partial charge in [0.1, 0.15) is 0 Å². The van der Waals surface area contributed by atoms with Crippen LogP contribution in [0.5, 0.6) is 0 Å². The molecule has 0 unspecified atom stereocenters. The summed E-state index contributed by atoms with van der Waals surface area (Å²) in [6.07, 6.45) is 8.70. The van der Waals surface area contributed by atoms with Gasteiger partial charge >= 0.3 is 0 Å². The monoisotopic (exact) mass is 171 g/mol. The molecule has 0 heterocycles. The van der Waals surface area contributed by atoms with Crippen LogP contribution < -0.4 is 0 Å². The Bertz CT molecular complexity index is 71.1. The minimum Gasteiger partial charge on any atom is -0.233 e. The topological polar surface area (TPSA) is 19.9 Å². The molecule has 0 N–H and O–H groups in total. The van der Waals surface area contributed by atoms with Gasteiger partial charge in [-0.15, -0.1) is 0 Å². The molecule has 0 aliphatic rings. The molecule has 0 aromatic rings. The van der Waals surface area contributed by atoms with Gasteiger partial charge in [0.2, 0.25) is 0 Å². The lowest BCUT2D eigenvalue weighted by Gasteiger charge is -2.06. The summed E-state index contributed by atoms with van der Waals surface area (Å²) in [5.41, 5.74) is 0. The van der Waals surface area contributed by atoms with Gasteiger partial charge in [0.25, 0.3) is 0 Å². The summed E-state index contributed by atoms with van der Waals surface area (Å²) in [6.45, 7) is 4.35. The van der Waals surface area contributed by atoms with Gasteiger partial charge in [-0.2, -0.15) is 0 Å². The Balaban J connectivity index is 3.04. The lowest BCUT2D eigenvalue weighted by atomic mass is 10.0. The van der Waals surface area contributed by atoms with E-state index in [0.29, 0.717) is 0 Å². The highest BCUT2D eigenvalue weighted by Gasteiger charge is 2.04. The van der Waals surface area contributed by atoms with Crippen LogP contribution in [-0.4, -0.2) is 6.10 Å². The highest BCUT2D eigenvalue weighted by atomic mass is 16.3. The minimum absolute atomic E-state index is 0.275. The van der Waals surface area contributed by atoms with Crippen LogP contribution in [0.4, 0.5) is 0 Å². The Hall–Kier alpha value is -0.0400. The van der Waals surface area contributed by atoms with Crippen molar-refractivity contribution in [1.29, 1.82) is 0 Å². The Morgan fingerprint density at radius 3 is 1.58 bits per heavy atom. The first kappa shape index (κ1) is 12.0. The minimum atomic E-state index is -0.275. The maximum Gasteiger partial charge on any atom is 0.0930 e. The van der Waals surface area contributed by atoms with Crippen molar-refractivity contribution in [2.75, 3.05) is 0 Å². The van der Waals surface area contributed by atoms with E-state index in [1.54, 1.807) is 0 Å². The fourth-order valence-electron chi connectivity index (χ4n) is 1.39. The Labute approximate surface area is 77.2 Å². The summed E-state index contributed by atoms with van der Waals surface area (Å²) in [5, 5.41) is 11.3. The molecule has 1 radical (unpaired) electrons. The third-order valence-electron chi connectivity index (χ3n) is 2.26. The predicted molar refractivity (Wildman–Crippen MR) is 52.8 cm³/mol. The molecule has 0 amide bonds. The Morgan fingerprint density at radius 2 is 1.25 bits per heavy atom. The van der Waals surface area contributed by atoms with Gasteiger partial charge in [-0.05, 0) is 12.8 Å². The molecule has 0 bridgehead atoms. The SMILES string of the molecule is CCCCCC([O])CCCCC. The van der Waals surface area contributed by atoms with E-state index in [9.17, 15) is 5.11 Å². The Kier molecular flexibility index (Phi) is 9.02. The maximum absolute atomic E-state index is 11.3. The average Bonchev–Trinajstić information content (AvgIpc) is 2.06. The van der Waals surface area contributed by atoms with Crippen molar-refractivity contribution >= 4 is 0 Å². The third kappa shape index (κ3) is 8.06. The van der Waals surface area contributed by atoms with Gasteiger partial charge in [0.05, 0.1) is 6.10 Å². The maximum atomic E-state index is 11.3. The van der Waals surface area contributed by atoms with Crippen LogP contribution in [0.15, 0.2) is 0 Å². The molecule has 0 aromatic carbocycles. The molecule has 0 fully saturated rings. The normalized spacial score (nSPS) is 11.0. The summed E-state index contributed by atoms with van der Waals surface area (Å²) in [7, 11) is 0. The highest BCUT2D eigenvalue weighted by molar-refractivity contribution is 4.55. The standard InChI is InChI=1S/C11H23O/c1-3-5-7-9-11(12)10-8-6-4-2/h11H,3-10H2,1-2H3. The van der Waals surface area contributed by atoms with Gasteiger partial charge in [-0.3, -0.25) is 0 Å². The molecule has 0 aromatic heterocycles. The zero-order valence-corrected chi connectivity index (χ0v) is 8.64. The van der Waals surface area contributed by atoms with E-state index < -0.39 is 0 Å². The summed E-state index contributed by atoms with van der Waals surface area (Å²) < 4.78 is 0. The lowest BCUT2D eigenvalue weighted by Crippen LogP contribution is -2.03. The van der Waals surface area contributed by atoms with E-state index in [1.807, 2.05) is 0 Å². The number of hydrogen-bond donors (Lipinski definition) is 0. The van der Waals surface area contributed by atoms with Crippen LogP contribution in [0.2, 0.25) is 0 Å². The van der Waals surface area contributed by atoms with Crippen LogP contribution in [0, 0.1) is 0 Å². The van der Waals surface area contributed by atoms with Crippen LogP contribution >= 0.6 is 0 Å². The number of unbranched alkanes of at least 4 members (excludes halogenated alkanes) is 4. The van der Waals surface area contributed by atoms with Crippen LogP contribution in [-0.2, 0) is 5.11 Å². The predicted octanol–water partition coefficient (Wildman–Crippen LogP) is 3.95. The van der Waals surface area contributed by atoms with E-state index in [1.165, 1.54) is 25.7 Å². The van der Waals surface area contributed by atoms with Gasteiger partial charge in [-0.25, -0.2) is 5.11 Å². The molecular formula is C11H23O. The molecule has 0 saturated carbocycles. The third-order valence-corrected chi connectivity index (χ3v) is 2.26. The molecular weight excluding hydrogens is 148 g/mol. The van der Waals surface area contributed by atoms with Gasteiger partial charge < -0.3 is 0 Å². The lowest BCUT2D eigenvalue weighted by molar-refractivity contribution is 0.0691. The fourth-order valence-corrected chi connectivity index (χ4v) is 1.39. The van der Waals surface area contributed by atoms with E-state index in [-0.39, 0.29) is 6.10 Å². The van der Waals surface area contributed by atoms with Crippen molar-refractivity contribution in [3.8, 4) is 0 Å². The van der Waals surface area contributed by atoms with E-state index in [4.69, 9.17) is 0 Å². The van der Waals surface area contributed by atoms with Crippen LogP contribution in [0.3, 0.4) is 0 Å². The van der Waals surface area contributed by atoms with Gasteiger partial charge in [0.15, 0.2) is 0 Å². The molecule has 12 heavy (non-hydrogen) atoms. The van der Waals surface area contributed by atoms with Crippen molar-refractivity contribution < 1.29 is 5.11 Å². The van der Waals surface area contributed by atoms with Crippen LogP contribution in [0.1, 0.15) is 65.2 Å². The molecule has 0 aliphatic heterocycles. The van der Waals surface area contributed by atoms with E-state index in [0.717, 1.165) is 25.7 Å². The molecule has 0 saturated heterocycles. The molecule has 0 atom stereocenters. The second kappa shape index (κ2) is 9.05.